The molecule has 17 heavy (non-hydrogen) atoms. The summed E-state index contributed by atoms with van der Waals surface area (Å²) in [5, 5.41) is 9.95. The van der Waals surface area contributed by atoms with E-state index in [1.807, 2.05) is 0 Å². The van der Waals surface area contributed by atoms with Gasteiger partial charge in [-0.2, -0.15) is 0 Å². The summed E-state index contributed by atoms with van der Waals surface area (Å²) < 4.78 is 21.1. The van der Waals surface area contributed by atoms with Gasteiger partial charge in [-0.25, -0.2) is 0 Å². The van der Waals surface area contributed by atoms with Gasteiger partial charge in [0.25, 0.3) is 0 Å². The summed E-state index contributed by atoms with van der Waals surface area (Å²) in [6.45, 7) is 0.927. The number of hydrogen-bond acceptors (Lipinski definition) is 5. The molecule has 2 unspecified atom stereocenters. The molecule has 0 saturated carbocycles. The summed E-state index contributed by atoms with van der Waals surface area (Å²) in [5.41, 5.74) is 0.572. The Labute approximate surface area is 99.9 Å². The van der Waals surface area contributed by atoms with Crippen LogP contribution < -0.4 is 4.74 Å². The summed E-state index contributed by atoms with van der Waals surface area (Å²) in [6, 6.07) is 5.21. The zero-order valence-electron chi connectivity index (χ0n) is 9.88. The third kappa shape index (κ3) is 2.52. The number of benzene rings is 1. The molecule has 1 aliphatic heterocycles. The van der Waals surface area contributed by atoms with Gasteiger partial charge in [-0.15, -0.1) is 0 Å². The maximum absolute atomic E-state index is 9.95. The number of hydrogen-bond donors (Lipinski definition) is 1. The predicted octanol–water partition coefficient (Wildman–Crippen LogP) is 1.46. The van der Waals surface area contributed by atoms with Gasteiger partial charge in [0.1, 0.15) is 6.10 Å². The molecular formula is C12H16O5. The Balaban J connectivity index is 2.13. The molecule has 0 aromatic heterocycles. The summed E-state index contributed by atoms with van der Waals surface area (Å²) in [4.78, 5) is 0. The molecule has 1 aromatic carbocycles. The van der Waals surface area contributed by atoms with E-state index in [4.69, 9.17) is 18.9 Å². The molecule has 1 saturated heterocycles. The maximum atomic E-state index is 9.95. The Hall–Kier alpha value is -1.30. The molecule has 1 heterocycles. The molecule has 1 fully saturated rings. The lowest BCUT2D eigenvalue weighted by Gasteiger charge is -2.14. The smallest absolute Gasteiger partial charge is 0.188 e. The first-order valence-corrected chi connectivity index (χ1v) is 5.38. The SMILES string of the molecule is COCC1COC(c2cccc(OC)c2O)O1. The number of rotatable bonds is 4. The van der Waals surface area contributed by atoms with Gasteiger partial charge < -0.3 is 24.1 Å². The van der Waals surface area contributed by atoms with Crippen LogP contribution in [0.4, 0.5) is 0 Å². The quantitative estimate of drug-likeness (QED) is 0.863. The molecular weight excluding hydrogens is 224 g/mol. The van der Waals surface area contributed by atoms with Crippen LogP contribution in [0.5, 0.6) is 11.5 Å². The highest BCUT2D eigenvalue weighted by atomic mass is 16.7. The normalized spacial score (nSPS) is 23.9. The number of para-hydroxylation sites is 1. The Morgan fingerprint density at radius 3 is 2.94 bits per heavy atom. The van der Waals surface area contributed by atoms with Gasteiger partial charge in [0.2, 0.25) is 0 Å². The highest BCUT2D eigenvalue weighted by Crippen LogP contribution is 2.38. The molecule has 0 aliphatic carbocycles. The predicted molar refractivity (Wildman–Crippen MR) is 60.1 cm³/mol. The van der Waals surface area contributed by atoms with Crippen molar-refractivity contribution in [3.8, 4) is 11.5 Å². The second-order valence-corrected chi connectivity index (χ2v) is 3.78. The zero-order valence-corrected chi connectivity index (χ0v) is 9.88. The third-order valence-corrected chi connectivity index (χ3v) is 2.61. The van der Waals surface area contributed by atoms with Crippen molar-refractivity contribution in [3.05, 3.63) is 23.8 Å². The third-order valence-electron chi connectivity index (χ3n) is 2.61. The fourth-order valence-corrected chi connectivity index (χ4v) is 1.78. The van der Waals surface area contributed by atoms with Crippen molar-refractivity contribution in [2.24, 2.45) is 0 Å². The Morgan fingerprint density at radius 2 is 2.24 bits per heavy atom. The van der Waals surface area contributed by atoms with Gasteiger partial charge in [0, 0.05) is 7.11 Å². The van der Waals surface area contributed by atoms with Crippen molar-refractivity contribution < 1.29 is 24.1 Å². The van der Waals surface area contributed by atoms with E-state index in [-0.39, 0.29) is 11.9 Å². The Kier molecular flexibility index (Phi) is 3.83. The molecule has 2 rings (SSSR count). The Bertz CT molecular complexity index is 379. The molecule has 1 aromatic rings. The van der Waals surface area contributed by atoms with Crippen molar-refractivity contribution in [2.45, 2.75) is 12.4 Å². The topological polar surface area (TPSA) is 57.2 Å². The van der Waals surface area contributed by atoms with Gasteiger partial charge in [0.15, 0.2) is 17.8 Å². The number of phenols is 1. The van der Waals surface area contributed by atoms with E-state index in [1.54, 1.807) is 25.3 Å². The van der Waals surface area contributed by atoms with Crippen molar-refractivity contribution >= 4 is 0 Å². The van der Waals surface area contributed by atoms with E-state index in [2.05, 4.69) is 0 Å². The van der Waals surface area contributed by atoms with Crippen LogP contribution in [0, 0.1) is 0 Å². The summed E-state index contributed by atoms with van der Waals surface area (Å²) >= 11 is 0. The van der Waals surface area contributed by atoms with E-state index in [9.17, 15) is 5.11 Å². The van der Waals surface area contributed by atoms with E-state index in [0.29, 0.717) is 24.5 Å². The molecule has 5 heteroatoms. The monoisotopic (exact) mass is 240 g/mol. The number of phenolic OH excluding ortho intramolecular Hbond substituents is 1. The van der Waals surface area contributed by atoms with Crippen LogP contribution in [0.2, 0.25) is 0 Å². The molecule has 1 aliphatic rings. The fourth-order valence-electron chi connectivity index (χ4n) is 1.78. The molecule has 5 nitrogen and oxygen atoms in total. The van der Waals surface area contributed by atoms with E-state index >= 15 is 0 Å². The highest BCUT2D eigenvalue weighted by Gasteiger charge is 2.29. The Morgan fingerprint density at radius 1 is 1.41 bits per heavy atom. The first kappa shape index (κ1) is 12.2. The average Bonchev–Trinajstić information content (AvgIpc) is 2.78. The summed E-state index contributed by atoms with van der Waals surface area (Å²) in [6.07, 6.45) is -0.666. The number of aromatic hydroxyl groups is 1. The van der Waals surface area contributed by atoms with Gasteiger partial charge >= 0.3 is 0 Å². The van der Waals surface area contributed by atoms with Crippen LogP contribution in [0.1, 0.15) is 11.9 Å². The molecule has 94 valence electrons. The first-order valence-electron chi connectivity index (χ1n) is 5.38. The minimum absolute atomic E-state index is 0.0538. The molecule has 0 radical (unpaired) electrons. The molecule has 0 bridgehead atoms. The zero-order chi connectivity index (χ0) is 12.3. The maximum Gasteiger partial charge on any atom is 0.188 e. The van der Waals surface area contributed by atoms with Crippen molar-refractivity contribution in [2.75, 3.05) is 27.4 Å². The lowest BCUT2D eigenvalue weighted by Crippen LogP contribution is -2.16. The largest absolute Gasteiger partial charge is 0.504 e. The minimum atomic E-state index is -0.565. The molecule has 0 amide bonds. The van der Waals surface area contributed by atoms with Crippen LogP contribution in [0.3, 0.4) is 0 Å². The van der Waals surface area contributed by atoms with Crippen molar-refractivity contribution in [3.63, 3.8) is 0 Å². The summed E-state index contributed by atoms with van der Waals surface area (Å²) in [7, 11) is 3.11. The van der Waals surface area contributed by atoms with E-state index in [1.165, 1.54) is 7.11 Å². The van der Waals surface area contributed by atoms with Gasteiger partial charge in [-0.1, -0.05) is 6.07 Å². The van der Waals surface area contributed by atoms with Crippen LogP contribution in [0.25, 0.3) is 0 Å². The molecule has 1 N–H and O–H groups in total. The number of ether oxygens (including phenoxy) is 4. The van der Waals surface area contributed by atoms with Crippen LogP contribution >= 0.6 is 0 Å². The highest BCUT2D eigenvalue weighted by molar-refractivity contribution is 5.46. The first-order chi connectivity index (χ1) is 8.26. The van der Waals surface area contributed by atoms with Crippen LogP contribution in [-0.4, -0.2) is 38.6 Å². The standard InChI is InChI=1S/C12H16O5/c1-14-6-8-7-16-12(17-8)9-4-3-5-10(15-2)11(9)13/h3-5,8,12-13H,6-7H2,1-2H3. The lowest BCUT2D eigenvalue weighted by molar-refractivity contribution is -0.0716. The van der Waals surface area contributed by atoms with Gasteiger partial charge in [-0.05, 0) is 12.1 Å². The fraction of sp³-hybridized carbons (Fsp3) is 0.500. The van der Waals surface area contributed by atoms with Crippen molar-refractivity contribution in [1.82, 2.24) is 0 Å². The average molecular weight is 240 g/mol. The molecule has 2 atom stereocenters. The van der Waals surface area contributed by atoms with E-state index in [0.717, 1.165) is 0 Å². The van der Waals surface area contributed by atoms with Gasteiger partial charge in [0.05, 0.1) is 25.9 Å². The van der Waals surface area contributed by atoms with E-state index < -0.39 is 6.29 Å². The van der Waals surface area contributed by atoms with Gasteiger partial charge in [-0.3, -0.25) is 0 Å². The van der Waals surface area contributed by atoms with Crippen LogP contribution in [-0.2, 0) is 14.2 Å². The number of methoxy groups -OCH3 is 2. The minimum Gasteiger partial charge on any atom is -0.504 e. The second-order valence-electron chi connectivity index (χ2n) is 3.78. The van der Waals surface area contributed by atoms with Crippen LogP contribution in [0.15, 0.2) is 18.2 Å². The lowest BCUT2D eigenvalue weighted by atomic mass is 10.2. The summed E-state index contributed by atoms with van der Waals surface area (Å²) in [5.74, 6) is 0.461. The second kappa shape index (κ2) is 5.35. The van der Waals surface area contributed by atoms with Crippen molar-refractivity contribution in [1.29, 1.82) is 0 Å². The molecule has 0 spiro atoms.